The zero-order chi connectivity index (χ0) is 32.2. The smallest absolute Gasteiger partial charge is 0.149 e. The van der Waals surface area contributed by atoms with E-state index in [9.17, 15) is 0 Å². The van der Waals surface area contributed by atoms with Crippen LogP contribution in [0.15, 0.2) is 132 Å². The van der Waals surface area contributed by atoms with Crippen molar-refractivity contribution in [3.8, 4) is 39.3 Å². The van der Waals surface area contributed by atoms with E-state index in [1.165, 1.54) is 44.6 Å². The molecule has 3 heteroatoms. The van der Waals surface area contributed by atoms with Crippen LogP contribution in [0, 0.1) is 6.92 Å². The van der Waals surface area contributed by atoms with E-state index >= 15 is 0 Å². The van der Waals surface area contributed by atoms with Crippen molar-refractivity contribution < 1.29 is 4.42 Å². The average Bonchev–Trinajstić information content (AvgIpc) is 3.66. The highest BCUT2D eigenvalue weighted by Gasteiger charge is 2.24. The van der Waals surface area contributed by atoms with Crippen LogP contribution in [0.1, 0.15) is 56.2 Å². The van der Waals surface area contributed by atoms with Gasteiger partial charge in [0.15, 0.2) is 0 Å². The minimum absolute atomic E-state index is 0.346. The maximum absolute atomic E-state index is 6.71. The highest BCUT2D eigenvalue weighted by atomic mass is 16.3. The normalized spacial score (nSPS) is 11.9. The van der Waals surface area contributed by atoms with Crippen LogP contribution in [0.2, 0.25) is 0 Å². The number of aromatic nitrogens is 2. The maximum Gasteiger partial charge on any atom is 0.149 e. The number of hydrogen-bond donors (Lipinski definition) is 0. The van der Waals surface area contributed by atoms with E-state index < -0.39 is 0 Å². The Morgan fingerprint density at radius 2 is 1.19 bits per heavy atom. The number of aryl methyl sites for hydroxylation is 1. The molecule has 2 aromatic heterocycles. The highest BCUT2D eigenvalue weighted by molar-refractivity contribution is 6.10. The van der Waals surface area contributed by atoms with Crippen molar-refractivity contribution in [1.82, 2.24) is 9.55 Å². The number of rotatable bonds is 6. The molecule has 0 saturated heterocycles. The highest BCUT2D eigenvalue weighted by Crippen LogP contribution is 2.42. The molecule has 0 unspecified atom stereocenters. The summed E-state index contributed by atoms with van der Waals surface area (Å²) in [5.41, 5.74) is 14.8. The van der Waals surface area contributed by atoms with Gasteiger partial charge in [0, 0.05) is 10.8 Å². The Morgan fingerprint density at radius 3 is 1.89 bits per heavy atom. The summed E-state index contributed by atoms with van der Waals surface area (Å²) in [7, 11) is 0. The molecular weight excluding hydrogens is 572 g/mol. The van der Waals surface area contributed by atoms with Gasteiger partial charge >= 0.3 is 0 Å². The van der Waals surface area contributed by atoms with Crippen LogP contribution in [0.25, 0.3) is 72.3 Å². The maximum atomic E-state index is 6.71. The van der Waals surface area contributed by atoms with Gasteiger partial charge in [0.1, 0.15) is 17.0 Å². The Morgan fingerprint density at radius 1 is 0.574 bits per heavy atom. The molecule has 0 spiro atoms. The molecule has 0 aliphatic rings. The lowest BCUT2D eigenvalue weighted by molar-refractivity contribution is 0.669. The van der Waals surface area contributed by atoms with Gasteiger partial charge in [-0.1, -0.05) is 130 Å². The first-order valence-electron chi connectivity index (χ1n) is 16.6. The van der Waals surface area contributed by atoms with Gasteiger partial charge < -0.3 is 4.42 Å². The molecule has 47 heavy (non-hydrogen) atoms. The molecule has 3 nitrogen and oxygen atoms in total. The number of para-hydroxylation sites is 3. The van der Waals surface area contributed by atoms with Crippen molar-refractivity contribution >= 4 is 33.0 Å². The molecule has 0 bridgehead atoms. The zero-order valence-corrected chi connectivity index (χ0v) is 27.6. The molecule has 0 atom stereocenters. The fourth-order valence-electron chi connectivity index (χ4n) is 7.05. The lowest BCUT2D eigenvalue weighted by atomic mass is 9.90. The topological polar surface area (TPSA) is 31.0 Å². The SMILES string of the molecule is Cc1cc(C(C)C)c(-n2c(-c3cccc4c3oc3ccc(-c5ccc(-c6ccccc6)cc5)cc34)nc3ccccc32)c(C(C)C)c1. The molecule has 6 aromatic carbocycles. The van der Waals surface area contributed by atoms with Crippen molar-refractivity contribution in [2.24, 2.45) is 0 Å². The van der Waals surface area contributed by atoms with E-state index in [0.29, 0.717) is 11.8 Å². The Kier molecular flexibility index (Phi) is 7.06. The van der Waals surface area contributed by atoms with Gasteiger partial charge in [0.2, 0.25) is 0 Å². The third-order valence-corrected chi connectivity index (χ3v) is 9.40. The van der Waals surface area contributed by atoms with Crippen LogP contribution in [0.5, 0.6) is 0 Å². The molecule has 0 aliphatic carbocycles. The molecule has 230 valence electrons. The third kappa shape index (κ3) is 4.94. The van der Waals surface area contributed by atoms with Crippen LogP contribution >= 0.6 is 0 Å². The standard InChI is InChI=1S/C44H38N2O/c1-27(2)36-24-29(5)25-37(28(3)4)42(36)46-40-17-10-9-16-39(40)45-44(46)35-15-11-14-34-38-26-33(22-23-41(38)47-43(34)35)32-20-18-31(19-21-32)30-12-7-6-8-13-30/h6-28H,1-5H3. The minimum atomic E-state index is 0.346. The van der Waals surface area contributed by atoms with Crippen LogP contribution in [-0.4, -0.2) is 9.55 Å². The van der Waals surface area contributed by atoms with Crippen molar-refractivity contribution in [3.05, 3.63) is 144 Å². The Balaban J connectivity index is 1.32. The molecule has 8 aromatic rings. The number of furan rings is 1. The van der Waals surface area contributed by atoms with Crippen molar-refractivity contribution in [2.75, 3.05) is 0 Å². The second kappa shape index (κ2) is 11.4. The second-order valence-corrected chi connectivity index (χ2v) is 13.3. The number of hydrogen-bond acceptors (Lipinski definition) is 2. The summed E-state index contributed by atoms with van der Waals surface area (Å²) in [5.74, 6) is 1.59. The van der Waals surface area contributed by atoms with Crippen molar-refractivity contribution in [2.45, 2.75) is 46.5 Å². The fourth-order valence-corrected chi connectivity index (χ4v) is 7.05. The summed E-state index contributed by atoms with van der Waals surface area (Å²) < 4.78 is 9.10. The van der Waals surface area contributed by atoms with Crippen LogP contribution in [0.3, 0.4) is 0 Å². The number of nitrogens with zero attached hydrogens (tertiary/aromatic N) is 2. The summed E-state index contributed by atoms with van der Waals surface area (Å²) in [6.07, 6.45) is 0. The molecular formula is C44H38N2O. The molecule has 0 fully saturated rings. The number of benzene rings is 6. The van der Waals surface area contributed by atoms with E-state index in [-0.39, 0.29) is 0 Å². The first-order chi connectivity index (χ1) is 22.9. The van der Waals surface area contributed by atoms with Gasteiger partial charge in [0.25, 0.3) is 0 Å². The second-order valence-electron chi connectivity index (χ2n) is 13.3. The Hall–Kier alpha value is -5.41. The first-order valence-corrected chi connectivity index (χ1v) is 16.6. The zero-order valence-electron chi connectivity index (χ0n) is 27.6. The van der Waals surface area contributed by atoms with Gasteiger partial charge in [-0.05, 0) is 82.5 Å². The average molecular weight is 611 g/mol. The first kappa shape index (κ1) is 29.0. The minimum Gasteiger partial charge on any atom is -0.455 e. The van der Waals surface area contributed by atoms with E-state index in [0.717, 1.165) is 44.4 Å². The number of fused-ring (bicyclic) bond motifs is 4. The quantitative estimate of drug-likeness (QED) is 0.187. The Bertz CT molecular complexity index is 2380. The van der Waals surface area contributed by atoms with Crippen molar-refractivity contribution in [1.29, 1.82) is 0 Å². The summed E-state index contributed by atoms with van der Waals surface area (Å²) in [4.78, 5) is 5.30. The molecule has 0 radical (unpaired) electrons. The summed E-state index contributed by atoms with van der Waals surface area (Å²) >= 11 is 0. The van der Waals surface area contributed by atoms with Gasteiger partial charge in [-0.2, -0.15) is 0 Å². The van der Waals surface area contributed by atoms with E-state index in [1.54, 1.807) is 0 Å². The molecule has 8 rings (SSSR count). The fraction of sp³-hybridized carbons (Fsp3) is 0.159. The number of imidazole rings is 1. The predicted molar refractivity (Wildman–Crippen MR) is 198 cm³/mol. The molecule has 0 saturated carbocycles. The third-order valence-electron chi connectivity index (χ3n) is 9.40. The Labute approximate surface area is 276 Å². The molecule has 0 amide bonds. The molecule has 2 heterocycles. The van der Waals surface area contributed by atoms with E-state index in [1.807, 2.05) is 0 Å². The van der Waals surface area contributed by atoms with Gasteiger partial charge in [-0.15, -0.1) is 0 Å². The van der Waals surface area contributed by atoms with Crippen LogP contribution in [-0.2, 0) is 0 Å². The largest absolute Gasteiger partial charge is 0.455 e. The van der Waals surface area contributed by atoms with Gasteiger partial charge in [-0.3, -0.25) is 4.57 Å². The summed E-state index contributed by atoms with van der Waals surface area (Å²) in [5, 5.41) is 2.20. The predicted octanol–water partition coefficient (Wildman–Crippen LogP) is 12.5. The van der Waals surface area contributed by atoms with Crippen LogP contribution in [0.4, 0.5) is 0 Å². The lowest BCUT2D eigenvalue weighted by Crippen LogP contribution is -2.09. The van der Waals surface area contributed by atoms with Crippen LogP contribution < -0.4 is 0 Å². The lowest BCUT2D eigenvalue weighted by Gasteiger charge is -2.23. The van der Waals surface area contributed by atoms with E-state index in [2.05, 4.69) is 167 Å². The van der Waals surface area contributed by atoms with Gasteiger partial charge in [-0.25, -0.2) is 4.98 Å². The molecule has 0 N–H and O–H groups in total. The molecule has 0 aliphatic heterocycles. The van der Waals surface area contributed by atoms with Crippen molar-refractivity contribution in [3.63, 3.8) is 0 Å². The summed E-state index contributed by atoms with van der Waals surface area (Å²) in [6, 6.07) is 45.5. The summed E-state index contributed by atoms with van der Waals surface area (Å²) in [6.45, 7) is 11.3. The van der Waals surface area contributed by atoms with E-state index in [4.69, 9.17) is 9.40 Å². The monoisotopic (exact) mass is 610 g/mol. The van der Waals surface area contributed by atoms with Gasteiger partial charge in [0.05, 0.1) is 22.3 Å².